The third-order valence-electron chi connectivity index (χ3n) is 5.34. The van der Waals surface area contributed by atoms with Crippen molar-refractivity contribution >= 4 is 43.3 Å². The number of carbonyl (C=O) groups is 1. The Bertz CT molecular complexity index is 1470. The lowest BCUT2D eigenvalue weighted by Gasteiger charge is -2.07. The summed E-state index contributed by atoms with van der Waals surface area (Å²) in [6, 6.07) is 25.4. The van der Waals surface area contributed by atoms with Gasteiger partial charge in [0, 0.05) is 21.0 Å². The molecule has 4 nitrogen and oxygen atoms in total. The van der Waals surface area contributed by atoms with Crippen molar-refractivity contribution in [2.24, 2.45) is 0 Å². The summed E-state index contributed by atoms with van der Waals surface area (Å²) in [6.45, 7) is -0.0500. The van der Waals surface area contributed by atoms with E-state index in [0.29, 0.717) is 15.8 Å². The highest BCUT2D eigenvalue weighted by molar-refractivity contribution is 9.10. The van der Waals surface area contributed by atoms with Crippen molar-refractivity contribution in [3.63, 3.8) is 0 Å². The van der Waals surface area contributed by atoms with Crippen molar-refractivity contribution in [3.8, 4) is 22.3 Å². The number of thiophene rings is 1. The summed E-state index contributed by atoms with van der Waals surface area (Å²) >= 11 is 4.80. The molecule has 0 spiro atoms. The largest absolute Gasteiger partial charge is 0.292 e. The molecule has 0 aliphatic rings. The van der Waals surface area contributed by atoms with Gasteiger partial charge in [0.1, 0.15) is 4.83 Å². The summed E-state index contributed by atoms with van der Waals surface area (Å²) in [5.74, 6) is -0.134. The van der Waals surface area contributed by atoms with E-state index in [9.17, 15) is 9.59 Å². The minimum Gasteiger partial charge on any atom is -0.292 e. The van der Waals surface area contributed by atoms with Crippen LogP contribution >= 0.6 is 27.3 Å². The minimum atomic E-state index is -0.205. The van der Waals surface area contributed by atoms with Gasteiger partial charge in [-0.1, -0.05) is 82.7 Å². The van der Waals surface area contributed by atoms with E-state index >= 15 is 0 Å². The SMILES string of the molecule is O=C(Cn1cnc2scc(-c3ccc(-c4ccccc4)cc3)c2c1=O)c1ccc(Br)cc1. The zero-order valence-electron chi connectivity index (χ0n) is 16.9. The average molecular weight is 501 g/mol. The number of Topliss-reactive ketones (excluding diaryl/α,β-unsaturated/α-hetero) is 1. The molecule has 0 radical (unpaired) electrons. The zero-order valence-corrected chi connectivity index (χ0v) is 19.3. The Hall–Kier alpha value is -3.35. The second kappa shape index (κ2) is 8.65. The minimum absolute atomic E-state index is 0.0500. The molecule has 0 N–H and O–H groups in total. The molecule has 5 rings (SSSR count). The maximum absolute atomic E-state index is 13.3. The number of benzene rings is 3. The van der Waals surface area contributed by atoms with Crippen molar-refractivity contribution in [2.45, 2.75) is 6.54 Å². The smallest absolute Gasteiger partial charge is 0.263 e. The van der Waals surface area contributed by atoms with Gasteiger partial charge in [-0.2, -0.15) is 0 Å². The Balaban J connectivity index is 1.49. The predicted molar refractivity (Wildman–Crippen MR) is 133 cm³/mol. The van der Waals surface area contributed by atoms with E-state index in [0.717, 1.165) is 26.7 Å². The fourth-order valence-corrected chi connectivity index (χ4v) is 4.82. The molecule has 5 aromatic rings. The Labute approximate surface area is 196 Å². The van der Waals surface area contributed by atoms with Crippen LogP contribution in [0.4, 0.5) is 0 Å². The number of ketones is 1. The zero-order chi connectivity index (χ0) is 22.1. The summed E-state index contributed by atoms with van der Waals surface area (Å²) in [4.78, 5) is 31.0. The molecule has 0 aliphatic heterocycles. The number of aromatic nitrogens is 2. The first-order valence-corrected chi connectivity index (χ1v) is 11.7. The lowest BCUT2D eigenvalue weighted by Crippen LogP contribution is -2.24. The highest BCUT2D eigenvalue weighted by Gasteiger charge is 2.15. The number of carbonyl (C=O) groups excluding carboxylic acids is 1. The molecule has 3 aromatic carbocycles. The lowest BCUT2D eigenvalue weighted by molar-refractivity contribution is 0.0970. The Morgan fingerprint density at radius 1 is 0.875 bits per heavy atom. The van der Waals surface area contributed by atoms with Gasteiger partial charge in [0.2, 0.25) is 0 Å². The van der Waals surface area contributed by atoms with Gasteiger partial charge in [0.25, 0.3) is 5.56 Å². The van der Waals surface area contributed by atoms with Gasteiger partial charge in [-0.15, -0.1) is 11.3 Å². The van der Waals surface area contributed by atoms with Crippen LogP contribution in [-0.4, -0.2) is 15.3 Å². The molecule has 0 saturated heterocycles. The molecular weight excluding hydrogens is 484 g/mol. The van der Waals surface area contributed by atoms with Crippen molar-refractivity contribution in [1.29, 1.82) is 0 Å². The number of halogens is 1. The molecule has 0 saturated carbocycles. The highest BCUT2D eigenvalue weighted by atomic mass is 79.9. The first-order valence-electron chi connectivity index (χ1n) is 10.0. The number of hydrogen-bond donors (Lipinski definition) is 0. The summed E-state index contributed by atoms with van der Waals surface area (Å²) in [5, 5.41) is 2.51. The summed E-state index contributed by atoms with van der Waals surface area (Å²) in [5.41, 5.74) is 4.40. The van der Waals surface area contributed by atoms with E-state index < -0.39 is 0 Å². The topological polar surface area (TPSA) is 52.0 Å². The van der Waals surface area contributed by atoms with Gasteiger partial charge in [0.05, 0.1) is 18.3 Å². The van der Waals surface area contributed by atoms with Crippen LogP contribution in [0.15, 0.2) is 99.8 Å². The van der Waals surface area contributed by atoms with Crippen molar-refractivity contribution in [3.05, 3.63) is 111 Å². The maximum Gasteiger partial charge on any atom is 0.263 e. The standard InChI is InChI=1S/C26H17BrN2O2S/c27-21-12-10-20(11-13-21)23(30)14-29-16-28-25-24(26(29)31)22(15-32-25)19-8-6-18(7-9-19)17-4-2-1-3-5-17/h1-13,15-16H,14H2. The van der Waals surface area contributed by atoms with Crippen molar-refractivity contribution in [2.75, 3.05) is 0 Å². The second-order valence-corrected chi connectivity index (χ2v) is 9.15. The molecule has 2 aromatic heterocycles. The normalized spacial score (nSPS) is 11.0. The van der Waals surface area contributed by atoms with Crippen LogP contribution < -0.4 is 5.56 Å². The van der Waals surface area contributed by atoms with Gasteiger partial charge in [-0.25, -0.2) is 4.98 Å². The molecule has 2 heterocycles. The fourth-order valence-electron chi connectivity index (χ4n) is 3.65. The van der Waals surface area contributed by atoms with Crippen LogP contribution in [0.2, 0.25) is 0 Å². The Kier molecular flexibility index (Phi) is 5.55. The van der Waals surface area contributed by atoms with Crippen LogP contribution in [0, 0.1) is 0 Å². The maximum atomic E-state index is 13.3. The number of nitrogens with zero attached hydrogens (tertiary/aromatic N) is 2. The summed E-state index contributed by atoms with van der Waals surface area (Å²) in [6.07, 6.45) is 1.46. The molecule has 0 atom stereocenters. The molecule has 6 heteroatoms. The van der Waals surface area contributed by atoms with Gasteiger partial charge in [-0.05, 0) is 28.8 Å². The third-order valence-corrected chi connectivity index (χ3v) is 6.76. The van der Waals surface area contributed by atoms with E-state index in [1.54, 1.807) is 12.1 Å². The van der Waals surface area contributed by atoms with Crippen molar-refractivity contribution < 1.29 is 4.79 Å². The van der Waals surface area contributed by atoms with Crippen molar-refractivity contribution in [1.82, 2.24) is 9.55 Å². The van der Waals surface area contributed by atoms with E-state index in [1.807, 2.05) is 47.8 Å². The number of rotatable bonds is 5. The van der Waals surface area contributed by atoms with E-state index in [-0.39, 0.29) is 17.9 Å². The second-order valence-electron chi connectivity index (χ2n) is 7.38. The van der Waals surface area contributed by atoms with Crippen LogP contribution in [0.3, 0.4) is 0 Å². The summed E-state index contributed by atoms with van der Waals surface area (Å²) < 4.78 is 2.29. The molecule has 0 bridgehead atoms. The van der Waals surface area contributed by atoms with Gasteiger partial charge in [-0.3, -0.25) is 14.2 Å². The third kappa shape index (κ3) is 3.95. The number of fused-ring (bicyclic) bond motifs is 1. The van der Waals surface area contributed by atoms with E-state index in [2.05, 4.69) is 45.2 Å². The highest BCUT2D eigenvalue weighted by Crippen LogP contribution is 2.32. The van der Waals surface area contributed by atoms with Crippen LogP contribution in [0.1, 0.15) is 10.4 Å². The van der Waals surface area contributed by atoms with Crippen LogP contribution in [-0.2, 0) is 6.54 Å². The monoisotopic (exact) mass is 500 g/mol. The summed E-state index contributed by atoms with van der Waals surface area (Å²) in [7, 11) is 0. The lowest BCUT2D eigenvalue weighted by atomic mass is 10.0. The molecule has 0 aliphatic carbocycles. The van der Waals surface area contributed by atoms with Gasteiger partial charge in [0.15, 0.2) is 5.78 Å². The molecule has 0 unspecified atom stereocenters. The molecule has 32 heavy (non-hydrogen) atoms. The van der Waals surface area contributed by atoms with Crippen LogP contribution in [0.25, 0.3) is 32.5 Å². The Morgan fingerprint density at radius 3 is 2.25 bits per heavy atom. The van der Waals surface area contributed by atoms with Crippen LogP contribution in [0.5, 0.6) is 0 Å². The number of hydrogen-bond acceptors (Lipinski definition) is 4. The fraction of sp³-hybridized carbons (Fsp3) is 0.0385. The molecule has 0 fully saturated rings. The Morgan fingerprint density at radius 2 is 1.53 bits per heavy atom. The van der Waals surface area contributed by atoms with Gasteiger partial charge >= 0.3 is 0 Å². The average Bonchev–Trinajstić information content (AvgIpc) is 3.27. The van der Waals surface area contributed by atoms with E-state index in [4.69, 9.17) is 0 Å². The predicted octanol–water partition coefficient (Wildman–Crippen LogP) is 6.44. The van der Waals surface area contributed by atoms with E-state index in [1.165, 1.54) is 22.2 Å². The quantitative estimate of drug-likeness (QED) is 0.261. The first-order chi connectivity index (χ1) is 15.6. The van der Waals surface area contributed by atoms with Gasteiger partial charge < -0.3 is 0 Å². The molecular formula is C26H17BrN2O2S. The first kappa shape index (κ1) is 20.5. The molecule has 156 valence electrons. The molecule has 0 amide bonds.